The number of nitrogens with zero attached hydrogens (tertiary/aromatic N) is 7. The first kappa shape index (κ1) is 31.2. The van der Waals surface area contributed by atoms with Crippen molar-refractivity contribution in [3.8, 4) is 0 Å². The zero-order chi connectivity index (χ0) is 31.8. The second-order valence-electron chi connectivity index (χ2n) is 12.7. The van der Waals surface area contributed by atoms with E-state index in [1.807, 2.05) is 0 Å². The van der Waals surface area contributed by atoms with Gasteiger partial charge in [-0.2, -0.15) is 10.2 Å². The van der Waals surface area contributed by atoms with Gasteiger partial charge < -0.3 is 14.0 Å². The molecule has 1 amide bonds. The van der Waals surface area contributed by atoms with Crippen LogP contribution in [-0.4, -0.2) is 66.3 Å². The van der Waals surface area contributed by atoms with Crippen molar-refractivity contribution in [2.45, 2.75) is 65.3 Å². The van der Waals surface area contributed by atoms with E-state index in [1.165, 1.54) is 16.0 Å². The van der Waals surface area contributed by atoms with Gasteiger partial charge in [0.2, 0.25) is 5.78 Å². The minimum Gasteiger partial charge on any atom is -0.444 e. The Morgan fingerprint density at radius 1 is 1.11 bits per heavy atom. The molecule has 15 heteroatoms. The number of nitrogens with one attached hydrogen (secondary N) is 1. The third kappa shape index (κ3) is 7.11. The van der Waals surface area contributed by atoms with Crippen LogP contribution >= 0.6 is 11.3 Å². The molecular formula is C29H36N8O5SSi. The molecule has 0 spiro atoms. The number of thiazole rings is 1. The quantitative estimate of drug-likeness (QED) is 0.129. The summed E-state index contributed by atoms with van der Waals surface area (Å²) in [6.07, 6.45) is 2.69. The highest BCUT2D eigenvalue weighted by Crippen LogP contribution is 2.31. The van der Waals surface area contributed by atoms with Gasteiger partial charge in [0.1, 0.15) is 29.4 Å². The molecule has 0 aliphatic carbocycles. The third-order valence-electron chi connectivity index (χ3n) is 6.56. The molecule has 13 nitrogen and oxygen atoms in total. The summed E-state index contributed by atoms with van der Waals surface area (Å²) in [7, 11) is 0.550. The standard InChI is InChI=1S/C29H36N8O5SSi/c1-29(2,3)42-28(40)32-21-10-8-9-18(31-21)16-37-27(39)22-19(15-30-37)24-25(35(22)4)33-26(43-24)23(38)20-11-12-36(34-20)17-41-13-14-44(5,6)7/h8-12,15H,13-14,16-17H2,1-7H3,(H,31,32,40). The predicted octanol–water partition coefficient (Wildman–Crippen LogP) is 4.87. The second kappa shape index (κ2) is 12.1. The van der Waals surface area contributed by atoms with E-state index in [9.17, 15) is 14.4 Å². The van der Waals surface area contributed by atoms with E-state index in [4.69, 9.17) is 9.47 Å². The fourth-order valence-corrected chi connectivity index (χ4v) is 6.21. The maximum atomic E-state index is 13.5. The van der Waals surface area contributed by atoms with Crippen LogP contribution in [0.1, 0.15) is 42.0 Å². The van der Waals surface area contributed by atoms with Crippen LogP contribution in [0.5, 0.6) is 0 Å². The Morgan fingerprint density at radius 2 is 1.89 bits per heavy atom. The topological polar surface area (TPSA) is 148 Å². The number of aromatic nitrogens is 7. The summed E-state index contributed by atoms with van der Waals surface area (Å²) in [6.45, 7) is 13.2. The number of carbonyl (C=O) groups is 2. The molecule has 0 saturated heterocycles. The van der Waals surface area contributed by atoms with Gasteiger partial charge in [0.25, 0.3) is 5.56 Å². The van der Waals surface area contributed by atoms with E-state index in [0.29, 0.717) is 39.4 Å². The zero-order valence-corrected chi connectivity index (χ0v) is 27.7. The molecule has 232 valence electrons. The van der Waals surface area contributed by atoms with Gasteiger partial charge in [-0.25, -0.2) is 24.1 Å². The van der Waals surface area contributed by atoms with E-state index in [1.54, 1.807) is 73.7 Å². The van der Waals surface area contributed by atoms with Crippen molar-refractivity contribution < 1.29 is 19.1 Å². The van der Waals surface area contributed by atoms with Crippen LogP contribution in [-0.2, 0) is 29.8 Å². The lowest BCUT2D eigenvalue weighted by Crippen LogP contribution is -2.28. The van der Waals surface area contributed by atoms with Crippen LogP contribution in [0, 0.1) is 0 Å². The first-order chi connectivity index (χ1) is 20.7. The summed E-state index contributed by atoms with van der Waals surface area (Å²) < 4.78 is 16.3. The number of rotatable bonds is 10. The molecule has 0 radical (unpaired) electrons. The van der Waals surface area contributed by atoms with Crippen LogP contribution < -0.4 is 10.9 Å². The molecule has 0 aromatic carbocycles. The molecule has 5 rings (SSSR count). The number of amides is 1. The molecule has 0 unspecified atom stereocenters. The summed E-state index contributed by atoms with van der Waals surface area (Å²) in [5.41, 5.74) is 0.749. The van der Waals surface area contributed by atoms with Crippen LogP contribution in [0.2, 0.25) is 25.7 Å². The number of fused-ring (bicyclic) bond motifs is 3. The molecule has 0 fully saturated rings. The van der Waals surface area contributed by atoms with Gasteiger partial charge in [-0.1, -0.05) is 25.7 Å². The van der Waals surface area contributed by atoms with Gasteiger partial charge in [0.15, 0.2) is 10.7 Å². The van der Waals surface area contributed by atoms with E-state index < -0.39 is 19.8 Å². The average Bonchev–Trinajstić information content (AvgIpc) is 3.63. The van der Waals surface area contributed by atoms with Crippen molar-refractivity contribution >= 4 is 58.4 Å². The molecule has 0 aliphatic heterocycles. The number of ketones is 1. The Labute approximate surface area is 258 Å². The first-order valence-electron chi connectivity index (χ1n) is 14.2. The fraction of sp³-hybridized carbons (Fsp3) is 0.414. The van der Waals surface area contributed by atoms with Crippen molar-refractivity contribution in [2.75, 3.05) is 11.9 Å². The van der Waals surface area contributed by atoms with E-state index in [0.717, 1.165) is 6.04 Å². The average molecular weight is 637 g/mol. The Morgan fingerprint density at radius 3 is 2.61 bits per heavy atom. The van der Waals surface area contributed by atoms with Crippen molar-refractivity contribution in [2.24, 2.45) is 7.05 Å². The minimum absolute atomic E-state index is 0.0825. The van der Waals surface area contributed by atoms with Crippen LogP contribution in [0.3, 0.4) is 0 Å². The van der Waals surface area contributed by atoms with Crippen LogP contribution in [0.15, 0.2) is 41.5 Å². The Bertz CT molecular complexity index is 1910. The summed E-state index contributed by atoms with van der Waals surface area (Å²) in [5, 5.41) is 12.2. The zero-order valence-electron chi connectivity index (χ0n) is 25.9. The maximum Gasteiger partial charge on any atom is 0.413 e. The van der Waals surface area contributed by atoms with Crippen molar-refractivity contribution in [3.05, 3.63) is 63.4 Å². The Balaban J connectivity index is 1.33. The summed E-state index contributed by atoms with van der Waals surface area (Å²) in [6, 6.07) is 7.81. The molecule has 5 aromatic rings. The van der Waals surface area contributed by atoms with Gasteiger partial charge in [-0.15, -0.1) is 11.3 Å². The number of hydrogen-bond donors (Lipinski definition) is 1. The number of carbonyl (C=O) groups excluding carboxylic acids is 2. The molecule has 5 aromatic heterocycles. The fourth-order valence-electron chi connectivity index (χ4n) is 4.40. The monoisotopic (exact) mass is 636 g/mol. The predicted molar refractivity (Wildman–Crippen MR) is 171 cm³/mol. The molecular weight excluding hydrogens is 601 g/mol. The molecule has 44 heavy (non-hydrogen) atoms. The number of aryl methyl sites for hydroxylation is 1. The minimum atomic E-state index is -1.19. The maximum absolute atomic E-state index is 13.5. The number of pyridine rings is 1. The first-order valence-corrected chi connectivity index (χ1v) is 18.7. The highest BCUT2D eigenvalue weighted by Gasteiger charge is 2.23. The van der Waals surface area contributed by atoms with Crippen molar-refractivity contribution in [1.29, 1.82) is 0 Å². The lowest BCUT2D eigenvalue weighted by atomic mass is 10.2. The molecule has 0 bridgehead atoms. The molecule has 1 N–H and O–H groups in total. The lowest BCUT2D eigenvalue weighted by molar-refractivity contribution is 0.0635. The second-order valence-corrected chi connectivity index (χ2v) is 19.3. The van der Waals surface area contributed by atoms with E-state index >= 15 is 0 Å². The van der Waals surface area contributed by atoms with Crippen LogP contribution in [0.25, 0.3) is 21.3 Å². The van der Waals surface area contributed by atoms with Crippen LogP contribution in [0.4, 0.5) is 10.6 Å². The van der Waals surface area contributed by atoms with Gasteiger partial charge in [-0.3, -0.25) is 14.9 Å². The van der Waals surface area contributed by atoms with Crippen molar-refractivity contribution in [3.63, 3.8) is 0 Å². The highest BCUT2D eigenvalue weighted by atomic mass is 32.1. The van der Waals surface area contributed by atoms with Crippen molar-refractivity contribution in [1.82, 2.24) is 34.1 Å². The SMILES string of the molecule is Cn1c2nc(C(=O)c3ccn(COCC[Si](C)(C)C)n3)sc2c2cnn(Cc3cccc(NC(=O)OC(C)(C)C)n3)c(=O)c21. The molecule has 5 heterocycles. The highest BCUT2D eigenvalue weighted by molar-refractivity contribution is 7.21. The van der Waals surface area contributed by atoms with Gasteiger partial charge in [0.05, 0.1) is 23.1 Å². The Hall–Kier alpha value is -4.21. The van der Waals surface area contributed by atoms with E-state index in [2.05, 4.69) is 45.1 Å². The normalized spacial score (nSPS) is 12.2. The lowest BCUT2D eigenvalue weighted by Gasteiger charge is -2.19. The number of hydrogen-bond acceptors (Lipinski definition) is 10. The smallest absolute Gasteiger partial charge is 0.413 e. The third-order valence-corrected chi connectivity index (χ3v) is 9.34. The molecule has 0 aliphatic rings. The molecule has 0 atom stereocenters. The summed E-state index contributed by atoms with van der Waals surface area (Å²) >= 11 is 1.20. The van der Waals surface area contributed by atoms with E-state index in [-0.39, 0.29) is 35.3 Å². The largest absolute Gasteiger partial charge is 0.444 e. The number of anilines is 1. The van der Waals surface area contributed by atoms with Gasteiger partial charge in [-0.05, 0) is 45.0 Å². The summed E-state index contributed by atoms with van der Waals surface area (Å²) in [5.74, 6) is -0.00139. The molecule has 0 saturated carbocycles. The Kier molecular flexibility index (Phi) is 8.55. The number of ether oxygens (including phenoxy) is 2. The van der Waals surface area contributed by atoms with Gasteiger partial charge in [0, 0.05) is 33.3 Å². The summed E-state index contributed by atoms with van der Waals surface area (Å²) in [4.78, 5) is 47.9. The van der Waals surface area contributed by atoms with Gasteiger partial charge >= 0.3 is 6.09 Å².